The van der Waals surface area contributed by atoms with Crippen molar-refractivity contribution in [1.29, 1.82) is 0 Å². The molecule has 5 heteroatoms. The third-order valence-electron chi connectivity index (χ3n) is 3.91. The van der Waals surface area contributed by atoms with E-state index in [1.807, 2.05) is 11.7 Å². The SMILES string of the molecule is CNC(C)c1nnnn1C1CCCC(C)CC1. The van der Waals surface area contributed by atoms with Gasteiger partial charge in [-0.15, -0.1) is 5.10 Å². The van der Waals surface area contributed by atoms with Crippen molar-refractivity contribution in [2.24, 2.45) is 5.92 Å². The number of nitrogens with zero attached hydrogens (tertiary/aromatic N) is 4. The molecule has 0 aliphatic heterocycles. The Balaban J connectivity index is 2.13. The zero-order valence-electron chi connectivity index (χ0n) is 11.1. The van der Waals surface area contributed by atoms with Crippen molar-refractivity contribution >= 4 is 0 Å². The summed E-state index contributed by atoms with van der Waals surface area (Å²) in [5.74, 6) is 1.81. The quantitative estimate of drug-likeness (QED) is 0.818. The molecular formula is C12H23N5. The summed E-state index contributed by atoms with van der Waals surface area (Å²) in [5.41, 5.74) is 0. The molecule has 1 aliphatic carbocycles. The van der Waals surface area contributed by atoms with E-state index in [9.17, 15) is 0 Å². The number of nitrogens with one attached hydrogen (secondary N) is 1. The summed E-state index contributed by atoms with van der Waals surface area (Å²) in [5, 5.41) is 15.4. The molecular weight excluding hydrogens is 214 g/mol. The number of aromatic nitrogens is 4. The highest BCUT2D eigenvalue weighted by Crippen LogP contribution is 2.30. The van der Waals surface area contributed by atoms with Gasteiger partial charge in [0.15, 0.2) is 5.82 Å². The van der Waals surface area contributed by atoms with Crippen molar-refractivity contribution in [3.05, 3.63) is 5.82 Å². The fourth-order valence-electron chi connectivity index (χ4n) is 2.59. The maximum absolute atomic E-state index is 4.19. The predicted octanol–water partition coefficient (Wildman–Crippen LogP) is 2.09. The van der Waals surface area contributed by atoms with Crippen LogP contribution in [-0.2, 0) is 0 Å². The van der Waals surface area contributed by atoms with Crippen LogP contribution in [0, 0.1) is 5.92 Å². The first-order chi connectivity index (χ1) is 8.22. The van der Waals surface area contributed by atoms with E-state index in [0.717, 1.165) is 11.7 Å². The summed E-state index contributed by atoms with van der Waals surface area (Å²) < 4.78 is 2.04. The average molecular weight is 237 g/mol. The first-order valence-corrected chi connectivity index (χ1v) is 6.67. The molecule has 0 amide bonds. The summed E-state index contributed by atoms with van der Waals surface area (Å²) in [4.78, 5) is 0. The molecule has 17 heavy (non-hydrogen) atoms. The highest BCUT2D eigenvalue weighted by atomic mass is 15.6. The Morgan fingerprint density at radius 3 is 2.88 bits per heavy atom. The lowest BCUT2D eigenvalue weighted by atomic mass is 10.0. The van der Waals surface area contributed by atoms with Crippen LogP contribution < -0.4 is 5.32 Å². The van der Waals surface area contributed by atoms with Gasteiger partial charge in [-0.05, 0) is 49.6 Å². The zero-order chi connectivity index (χ0) is 12.3. The van der Waals surface area contributed by atoms with E-state index in [-0.39, 0.29) is 6.04 Å². The third kappa shape index (κ3) is 2.83. The summed E-state index contributed by atoms with van der Waals surface area (Å²) >= 11 is 0. The van der Waals surface area contributed by atoms with Gasteiger partial charge in [-0.3, -0.25) is 0 Å². The monoisotopic (exact) mass is 237 g/mol. The molecule has 1 heterocycles. The fraction of sp³-hybridized carbons (Fsp3) is 0.917. The topological polar surface area (TPSA) is 55.6 Å². The molecule has 1 saturated carbocycles. The molecule has 3 unspecified atom stereocenters. The van der Waals surface area contributed by atoms with Crippen molar-refractivity contribution in [3.63, 3.8) is 0 Å². The summed E-state index contributed by atoms with van der Waals surface area (Å²) in [6.45, 7) is 4.45. The average Bonchev–Trinajstić information content (AvgIpc) is 2.72. The van der Waals surface area contributed by atoms with Crippen molar-refractivity contribution in [2.45, 2.75) is 58.0 Å². The lowest BCUT2D eigenvalue weighted by Crippen LogP contribution is -2.21. The Labute approximate surface area is 103 Å². The molecule has 0 spiro atoms. The van der Waals surface area contributed by atoms with Crippen LogP contribution >= 0.6 is 0 Å². The fourth-order valence-corrected chi connectivity index (χ4v) is 2.59. The molecule has 1 N–H and O–H groups in total. The maximum Gasteiger partial charge on any atom is 0.168 e. The molecule has 2 rings (SSSR count). The minimum atomic E-state index is 0.214. The van der Waals surface area contributed by atoms with Crippen molar-refractivity contribution < 1.29 is 0 Å². The van der Waals surface area contributed by atoms with Gasteiger partial charge in [0.2, 0.25) is 0 Å². The minimum Gasteiger partial charge on any atom is -0.311 e. The Hall–Kier alpha value is -0.970. The Morgan fingerprint density at radius 1 is 1.29 bits per heavy atom. The second-order valence-corrected chi connectivity index (χ2v) is 5.26. The van der Waals surface area contributed by atoms with E-state index < -0.39 is 0 Å². The first kappa shape index (κ1) is 12.5. The summed E-state index contributed by atoms with van der Waals surface area (Å²) in [7, 11) is 1.94. The molecule has 0 radical (unpaired) electrons. The molecule has 0 saturated heterocycles. The minimum absolute atomic E-state index is 0.214. The lowest BCUT2D eigenvalue weighted by molar-refractivity contribution is 0.367. The van der Waals surface area contributed by atoms with Gasteiger partial charge in [-0.25, -0.2) is 4.68 Å². The van der Waals surface area contributed by atoms with E-state index in [1.54, 1.807) is 0 Å². The van der Waals surface area contributed by atoms with E-state index in [0.29, 0.717) is 6.04 Å². The van der Waals surface area contributed by atoms with Crippen LogP contribution in [0.25, 0.3) is 0 Å². The van der Waals surface area contributed by atoms with Gasteiger partial charge < -0.3 is 5.32 Å². The number of hydrogen-bond donors (Lipinski definition) is 1. The largest absolute Gasteiger partial charge is 0.311 e. The number of tetrazole rings is 1. The standard InChI is InChI=1S/C12H23N5/c1-9-5-4-6-11(8-7-9)17-12(10(2)13-3)14-15-16-17/h9-11,13H,4-8H2,1-3H3. The Morgan fingerprint density at radius 2 is 2.12 bits per heavy atom. The molecule has 0 bridgehead atoms. The van der Waals surface area contributed by atoms with Gasteiger partial charge in [0.25, 0.3) is 0 Å². The molecule has 1 aromatic rings. The van der Waals surface area contributed by atoms with Gasteiger partial charge in [0.1, 0.15) is 0 Å². The van der Waals surface area contributed by atoms with E-state index in [4.69, 9.17) is 0 Å². The summed E-state index contributed by atoms with van der Waals surface area (Å²) in [6.07, 6.45) is 6.33. The van der Waals surface area contributed by atoms with Crippen molar-refractivity contribution in [1.82, 2.24) is 25.5 Å². The smallest absolute Gasteiger partial charge is 0.168 e. The van der Waals surface area contributed by atoms with Gasteiger partial charge in [-0.1, -0.05) is 19.8 Å². The van der Waals surface area contributed by atoms with Crippen LogP contribution in [0.3, 0.4) is 0 Å². The van der Waals surface area contributed by atoms with Crippen molar-refractivity contribution in [3.8, 4) is 0 Å². The predicted molar refractivity (Wildman–Crippen MR) is 66.6 cm³/mol. The lowest BCUT2D eigenvalue weighted by Gasteiger charge is -2.18. The molecule has 1 fully saturated rings. The molecule has 1 aliphatic rings. The van der Waals surface area contributed by atoms with Crippen LogP contribution in [0.1, 0.15) is 63.9 Å². The van der Waals surface area contributed by atoms with Crippen LogP contribution in [-0.4, -0.2) is 27.3 Å². The maximum atomic E-state index is 4.19. The number of hydrogen-bond acceptors (Lipinski definition) is 4. The molecule has 3 atom stereocenters. The first-order valence-electron chi connectivity index (χ1n) is 6.67. The van der Waals surface area contributed by atoms with Crippen LogP contribution in [0.15, 0.2) is 0 Å². The number of rotatable bonds is 3. The zero-order valence-corrected chi connectivity index (χ0v) is 11.1. The van der Waals surface area contributed by atoms with Gasteiger partial charge in [0.05, 0.1) is 12.1 Å². The Bertz CT molecular complexity index is 348. The molecule has 0 aromatic carbocycles. The normalized spacial score (nSPS) is 27.7. The molecule has 1 aromatic heterocycles. The van der Waals surface area contributed by atoms with Crippen LogP contribution in [0.2, 0.25) is 0 Å². The van der Waals surface area contributed by atoms with Crippen LogP contribution in [0.4, 0.5) is 0 Å². The van der Waals surface area contributed by atoms with Crippen LogP contribution in [0.5, 0.6) is 0 Å². The second-order valence-electron chi connectivity index (χ2n) is 5.26. The Kier molecular flexibility index (Phi) is 4.10. The third-order valence-corrected chi connectivity index (χ3v) is 3.91. The molecule has 96 valence electrons. The highest BCUT2D eigenvalue weighted by molar-refractivity contribution is 4.92. The summed E-state index contributed by atoms with van der Waals surface area (Å²) in [6, 6.07) is 0.700. The van der Waals surface area contributed by atoms with Crippen molar-refractivity contribution in [2.75, 3.05) is 7.05 Å². The van der Waals surface area contributed by atoms with Gasteiger partial charge in [0, 0.05) is 0 Å². The van der Waals surface area contributed by atoms with E-state index in [1.165, 1.54) is 32.1 Å². The van der Waals surface area contributed by atoms with E-state index in [2.05, 4.69) is 34.7 Å². The van der Waals surface area contributed by atoms with Gasteiger partial charge in [-0.2, -0.15) is 0 Å². The van der Waals surface area contributed by atoms with Gasteiger partial charge >= 0.3 is 0 Å². The van der Waals surface area contributed by atoms with E-state index >= 15 is 0 Å². The molecule has 5 nitrogen and oxygen atoms in total. The second kappa shape index (κ2) is 5.58. The highest BCUT2D eigenvalue weighted by Gasteiger charge is 2.23.